The van der Waals surface area contributed by atoms with Crippen LogP contribution in [0.2, 0.25) is 0 Å². The van der Waals surface area contributed by atoms with Crippen LogP contribution in [0.5, 0.6) is 11.5 Å². The lowest BCUT2D eigenvalue weighted by Crippen LogP contribution is -1.99. The van der Waals surface area contributed by atoms with Crippen LogP contribution in [0.15, 0.2) is 24.4 Å². The highest BCUT2D eigenvalue weighted by Crippen LogP contribution is 2.39. The maximum absolute atomic E-state index is 5.68. The van der Waals surface area contributed by atoms with E-state index in [0.717, 1.165) is 28.3 Å². The molecular weight excluding hydrogens is 228 g/mol. The van der Waals surface area contributed by atoms with Crippen LogP contribution in [-0.4, -0.2) is 23.4 Å². The number of rotatable bonds is 5. The summed E-state index contributed by atoms with van der Waals surface area (Å²) in [5.74, 6) is 1.65. The molecule has 0 radical (unpaired) electrons. The van der Waals surface area contributed by atoms with Gasteiger partial charge in [-0.05, 0) is 32.9 Å². The fourth-order valence-electron chi connectivity index (χ4n) is 1.93. The minimum atomic E-state index is 0.624. The Balaban J connectivity index is 2.56. The van der Waals surface area contributed by atoms with E-state index in [1.165, 1.54) is 0 Å². The average Bonchev–Trinajstić information content (AvgIpc) is 2.77. The summed E-state index contributed by atoms with van der Waals surface area (Å²) in [5, 5.41) is 7.01. The third-order valence-corrected chi connectivity index (χ3v) is 2.69. The number of aromatic amines is 1. The zero-order valence-electron chi connectivity index (χ0n) is 11.0. The lowest BCUT2D eigenvalue weighted by Gasteiger charge is -2.14. The minimum absolute atomic E-state index is 0.624. The van der Waals surface area contributed by atoms with Gasteiger partial charge < -0.3 is 9.47 Å². The van der Waals surface area contributed by atoms with Crippen LogP contribution >= 0.6 is 0 Å². The fraction of sp³-hybridized carbons (Fsp3) is 0.357. The van der Waals surface area contributed by atoms with Gasteiger partial charge >= 0.3 is 0 Å². The van der Waals surface area contributed by atoms with Crippen LogP contribution in [0.3, 0.4) is 0 Å². The first-order valence-corrected chi connectivity index (χ1v) is 6.16. The van der Waals surface area contributed by atoms with Gasteiger partial charge in [0.25, 0.3) is 0 Å². The van der Waals surface area contributed by atoms with Crippen molar-refractivity contribution in [3.8, 4) is 22.6 Å². The molecule has 0 fully saturated rings. The molecule has 0 spiro atoms. The molecule has 0 atom stereocenters. The monoisotopic (exact) mass is 246 g/mol. The average molecular weight is 246 g/mol. The van der Waals surface area contributed by atoms with E-state index in [4.69, 9.17) is 9.47 Å². The standard InChI is InChI=1S/C14H18N2O2/c1-4-17-12-7-6-8-13(18-5-2)14(12)11-9-15-16-10(11)3/h6-9H,4-5H2,1-3H3,(H,15,16). The van der Waals surface area contributed by atoms with Gasteiger partial charge in [-0.1, -0.05) is 6.07 Å². The second-order valence-corrected chi connectivity index (χ2v) is 3.90. The molecule has 0 aliphatic carbocycles. The van der Waals surface area contributed by atoms with Crippen LogP contribution in [0.1, 0.15) is 19.5 Å². The van der Waals surface area contributed by atoms with Gasteiger partial charge in [0.15, 0.2) is 0 Å². The molecule has 0 amide bonds. The van der Waals surface area contributed by atoms with E-state index < -0.39 is 0 Å². The van der Waals surface area contributed by atoms with Crippen LogP contribution in [-0.2, 0) is 0 Å². The van der Waals surface area contributed by atoms with Crippen LogP contribution < -0.4 is 9.47 Å². The zero-order chi connectivity index (χ0) is 13.0. The Morgan fingerprint density at radius 2 is 1.72 bits per heavy atom. The van der Waals surface area contributed by atoms with E-state index in [1.54, 1.807) is 6.20 Å². The third kappa shape index (κ3) is 2.32. The number of hydrogen-bond acceptors (Lipinski definition) is 3. The van der Waals surface area contributed by atoms with Crippen molar-refractivity contribution < 1.29 is 9.47 Å². The molecule has 4 nitrogen and oxygen atoms in total. The number of aromatic nitrogens is 2. The Bertz CT molecular complexity index is 496. The first kappa shape index (κ1) is 12.5. The van der Waals surface area contributed by atoms with Crippen molar-refractivity contribution in [1.29, 1.82) is 0 Å². The number of nitrogens with zero attached hydrogens (tertiary/aromatic N) is 1. The van der Waals surface area contributed by atoms with Crippen molar-refractivity contribution in [3.05, 3.63) is 30.1 Å². The Morgan fingerprint density at radius 1 is 1.11 bits per heavy atom. The Hall–Kier alpha value is -1.97. The maximum atomic E-state index is 5.68. The number of nitrogens with one attached hydrogen (secondary N) is 1. The van der Waals surface area contributed by atoms with Crippen molar-refractivity contribution >= 4 is 0 Å². The van der Waals surface area contributed by atoms with Crippen molar-refractivity contribution in [2.24, 2.45) is 0 Å². The molecule has 1 aromatic carbocycles. The Morgan fingerprint density at radius 3 is 2.17 bits per heavy atom. The molecule has 1 aromatic heterocycles. The Labute approximate surface area is 107 Å². The molecule has 2 rings (SSSR count). The number of hydrogen-bond donors (Lipinski definition) is 1. The van der Waals surface area contributed by atoms with Crippen molar-refractivity contribution in [1.82, 2.24) is 10.2 Å². The topological polar surface area (TPSA) is 47.1 Å². The summed E-state index contributed by atoms with van der Waals surface area (Å²) in [4.78, 5) is 0. The molecule has 96 valence electrons. The zero-order valence-corrected chi connectivity index (χ0v) is 11.0. The van der Waals surface area contributed by atoms with Crippen LogP contribution in [0.4, 0.5) is 0 Å². The number of ether oxygens (including phenoxy) is 2. The van der Waals surface area contributed by atoms with Gasteiger partial charge in [-0.2, -0.15) is 5.10 Å². The summed E-state index contributed by atoms with van der Waals surface area (Å²) in [6, 6.07) is 5.84. The molecule has 0 bridgehead atoms. The molecule has 0 aliphatic heterocycles. The molecular formula is C14H18N2O2. The van der Waals surface area contributed by atoms with E-state index in [9.17, 15) is 0 Å². The molecule has 4 heteroatoms. The maximum Gasteiger partial charge on any atom is 0.130 e. The van der Waals surface area contributed by atoms with Crippen molar-refractivity contribution in [3.63, 3.8) is 0 Å². The summed E-state index contributed by atoms with van der Waals surface area (Å²) in [6.07, 6.45) is 1.80. The fourth-order valence-corrected chi connectivity index (χ4v) is 1.93. The first-order chi connectivity index (χ1) is 8.77. The summed E-state index contributed by atoms with van der Waals surface area (Å²) in [7, 11) is 0. The van der Waals surface area contributed by atoms with E-state index in [1.807, 2.05) is 39.0 Å². The highest BCUT2D eigenvalue weighted by molar-refractivity contribution is 5.77. The smallest absolute Gasteiger partial charge is 0.130 e. The van der Waals surface area contributed by atoms with Gasteiger partial charge in [-0.25, -0.2) is 0 Å². The molecule has 0 unspecified atom stereocenters. The summed E-state index contributed by atoms with van der Waals surface area (Å²) in [5.41, 5.74) is 2.98. The Kier molecular flexibility index (Phi) is 3.87. The van der Waals surface area contributed by atoms with Gasteiger partial charge in [0, 0.05) is 11.3 Å². The van der Waals surface area contributed by atoms with Crippen molar-refractivity contribution in [2.75, 3.05) is 13.2 Å². The normalized spacial score (nSPS) is 10.4. The molecule has 1 N–H and O–H groups in total. The largest absolute Gasteiger partial charge is 0.493 e. The summed E-state index contributed by atoms with van der Waals surface area (Å²) >= 11 is 0. The SMILES string of the molecule is CCOc1cccc(OCC)c1-c1cn[nH]c1C. The van der Waals surface area contributed by atoms with E-state index in [2.05, 4.69) is 10.2 Å². The van der Waals surface area contributed by atoms with Gasteiger partial charge in [0.2, 0.25) is 0 Å². The molecule has 18 heavy (non-hydrogen) atoms. The minimum Gasteiger partial charge on any atom is -0.493 e. The van der Waals surface area contributed by atoms with Gasteiger partial charge in [0.05, 0.1) is 25.0 Å². The quantitative estimate of drug-likeness (QED) is 0.881. The van der Waals surface area contributed by atoms with E-state index in [0.29, 0.717) is 13.2 Å². The summed E-state index contributed by atoms with van der Waals surface area (Å²) in [6.45, 7) is 7.18. The lowest BCUT2D eigenvalue weighted by atomic mass is 10.0. The number of H-pyrrole nitrogens is 1. The molecule has 1 heterocycles. The van der Waals surface area contributed by atoms with Crippen molar-refractivity contribution in [2.45, 2.75) is 20.8 Å². The highest BCUT2D eigenvalue weighted by atomic mass is 16.5. The lowest BCUT2D eigenvalue weighted by molar-refractivity contribution is 0.325. The highest BCUT2D eigenvalue weighted by Gasteiger charge is 2.16. The third-order valence-electron chi connectivity index (χ3n) is 2.69. The predicted molar refractivity (Wildman–Crippen MR) is 71.1 cm³/mol. The van der Waals surface area contributed by atoms with E-state index in [-0.39, 0.29) is 0 Å². The van der Waals surface area contributed by atoms with E-state index >= 15 is 0 Å². The van der Waals surface area contributed by atoms with Gasteiger partial charge in [0.1, 0.15) is 11.5 Å². The van der Waals surface area contributed by atoms with Gasteiger partial charge in [-0.3, -0.25) is 5.10 Å². The molecule has 0 saturated carbocycles. The van der Waals surface area contributed by atoms with Crippen LogP contribution in [0, 0.1) is 6.92 Å². The molecule has 0 saturated heterocycles. The second kappa shape index (κ2) is 5.58. The molecule has 0 aliphatic rings. The number of aryl methyl sites for hydroxylation is 1. The predicted octanol–water partition coefficient (Wildman–Crippen LogP) is 3.18. The second-order valence-electron chi connectivity index (χ2n) is 3.90. The van der Waals surface area contributed by atoms with Gasteiger partial charge in [-0.15, -0.1) is 0 Å². The molecule has 2 aromatic rings. The van der Waals surface area contributed by atoms with Crippen LogP contribution in [0.25, 0.3) is 11.1 Å². The number of benzene rings is 1. The summed E-state index contributed by atoms with van der Waals surface area (Å²) < 4.78 is 11.4. The first-order valence-electron chi connectivity index (χ1n) is 6.16.